The second kappa shape index (κ2) is 7.42. The highest BCUT2D eigenvalue weighted by molar-refractivity contribution is 5.74. The van der Waals surface area contributed by atoms with Gasteiger partial charge in [-0.3, -0.25) is 4.79 Å². The SMILES string of the molecule is C[C@H](NC(=O)NCCCC(=O)O)c1ccc(F)cc1F. The quantitative estimate of drug-likeness (QED) is 0.701. The van der Waals surface area contributed by atoms with Gasteiger partial charge < -0.3 is 15.7 Å². The summed E-state index contributed by atoms with van der Waals surface area (Å²) in [4.78, 5) is 21.8. The van der Waals surface area contributed by atoms with Gasteiger partial charge in [-0.1, -0.05) is 6.07 Å². The molecule has 0 aliphatic heterocycles. The Hall–Kier alpha value is -2.18. The Morgan fingerprint density at radius 1 is 1.35 bits per heavy atom. The van der Waals surface area contributed by atoms with Crippen LogP contribution in [-0.2, 0) is 4.79 Å². The fourth-order valence-electron chi connectivity index (χ4n) is 1.62. The van der Waals surface area contributed by atoms with Crippen molar-refractivity contribution in [2.45, 2.75) is 25.8 Å². The minimum atomic E-state index is -0.936. The van der Waals surface area contributed by atoms with Crippen LogP contribution in [0.4, 0.5) is 13.6 Å². The third kappa shape index (κ3) is 5.21. The number of urea groups is 1. The molecule has 0 radical (unpaired) electrons. The summed E-state index contributed by atoms with van der Waals surface area (Å²) in [5.74, 6) is -2.35. The number of halogens is 2. The minimum Gasteiger partial charge on any atom is -0.481 e. The first-order valence-electron chi connectivity index (χ1n) is 6.11. The largest absolute Gasteiger partial charge is 0.481 e. The summed E-state index contributed by atoms with van der Waals surface area (Å²) in [6.07, 6.45) is 0.268. The Morgan fingerprint density at radius 2 is 2.05 bits per heavy atom. The Kier molecular flexibility index (Phi) is 5.89. The Bertz CT molecular complexity index is 495. The molecule has 0 spiro atoms. The van der Waals surface area contributed by atoms with Crippen LogP contribution in [0.5, 0.6) is 0 Å². The number of carbonyl (C=O) groups excluding carboxylic acids is 1. The number of carboxylic acids is 1. The van der Waals surface area contributed by atoms with Crippen molar-refractivity contribution in [2.75, 3.05) is 6.54 Å². The van der Waals surface area contributed by atoms with E-state index in [1.165, 1.54) is 6.07 Å². The minimum absolute atomic E-state index is 0.0393. The van der Waals surface area contributed by atoms with Gasteiger partial charge in [0.2, 0.25) is 0 Å². The van der Waals surface area contributed by atoms with Gasteiger partial charge in [0, 0.05) is 24.6 Å². The molecule has 2 amide bonds. The summed E-state index contributed by atoms with van der Waals surface area (Å²) in [7, 11) is 0. The lowest BCUT2D eigenvalue weighted by molar-refractivity contribution is -0.137. The Balaban J connectivity index is 2.43. The smallest absolute Gasteiger partial charge is 0.315 e. The van der Waals surface area contributed by atoms with Crippen molar-refractivity contribution in [2.24, 2.45) is 0 Å². The first-order chi connectivity index (χ1) is 9.40. The van der Waals surface area contributed by atoms with Crippen LogP contribution >= 0.6 is 0 Å². The molecule has 1 aromatic rings. The van der Waals surface area contributed by atoms with Crippen LogP contribution in [0, 0.1) is 11.6 Å². The van der Waals surface area contributed by atoms with E-state index < -0.39 is 29.7 Å². The molecule has 0 bridgehead atoms. The van der Waals surface area contributed by atoms with Crippen molar-refractivity contribution < 1.29 is 23.5 Å². The van der Waals surface area contributed by atoms with Crippen LogP contribution in [0.1, 0.15) is 31.4 Å². The molecular formula is C13H16F2N2O3. The third-order valence-corrected chi connectivity index (χ3v) is 2.63. The van der Waals surface area contributed by atoms with Gasteiger partial charge in [0.1, 0.15) is 11.6 Å². The monoisotopic (exact) mass is 286 g/mol. The van der Waals surface area contributed by atoms with Crippen LogP contribution in [0.3, 0.4) is 0 Å². The standard InChI is InChI=1S/C13H16F2N2O3/c1-8(10-5-4-9(14)7-11(10)15)17-13(20)16-6-2-3-12(18)19/h4-5,7-8H,2-3,6H2,1H3,(H,18,19)(H2,16,17,20)/t8-/m0/s1. The van der Waals surface area contributed by atoms with Crippen LogP contribution in [-0.4, -0.2) is 23.7 Å². The van der Waals surface area contributed by atoms with Gasteiger partial charge in [-0.15, -0.1) is 0 Å². The van der Waals surface area contributed by atoms with Crippen LogP contribution in [0.25, 0.3) is 0 Å². The first-order valence-corrected chi connectivity index (χ1v) is 6.11. The number of hydrogen-bond acceptors (Lipinski definition) is 2. The van der Waals surface area contributed by atoms with Crippen molar-refractivity contribution in [3.8, 4) is 0 Å². The molecule has 1 atom stereocenters. The molecule has 0 heterocycles. The van der Waals surface area contributed by atoms with Crippen molar-refractivity contribution >= 4 is 12.0 Å². The van der Waals surface area contributed by atoms with Crippen LogP contribution in [0.15, 0.2) is 18.2 Å². The molecule has 0 saturated carbocycles. The molecule has 1 rings (SSSR count). The van der Waals surface area contributed by atoms with Gasteiger partial charge in [0.25, 0.3) is 0 Å². The molecule has 0 unspecified atom stereocenters. The Labute approximate surface area is 115 Å². The van der Waals surface area contributed by atoms with E-state index in [-0.39, 0.29) is 18.5 Å². The average molecular weight is 286 g/mol. The van der Waals surface area contributed by atoms with E-state index in [2.05, 4.69) is 10.6 Å². The van der Waals surface area contributed by atoms with Crippen LogP contribution in [0.2, 0.25) is 0 Å². The lowest BCUT2D eigenvalue weighted by Gasteiger charge is -2.15. The average Bonchev–Trinajstić information content (AvgIpc) is 2.34. The first kappa shape index (κ1) is 15.9. The van der Waals surface area contributed by atoms with E-state index in [0.29, 0.717) is 6.42 Å². The zero-order valence-electron chi connectivity index (χ0n) is 11.0. The summed E-state index contributed by atoms with van der Waals surface area (Å²) in [6.45, 7) is 1.77. The fraction of sp³-hybridized carbons (Fsp3) is 0.385. The van der Waals surface area contributed by atoms with Gasteiger partial charge in [-0.25, -0.2) is 13.6 Å². The molecule has 3 N–H and O–H groups in total. The molecule has 5 nitrogen and oxygen atoms in total. The summed E-state index contributed by atoms with van der Waals surface area (Å²) >= 11 is 0. The molecule has 0 fully saturated rings. The number of aliphatic carboxylic acids is 1. The van der Waals surface area contributed by atoms with Gasteiger partial charge in [-0.2, -0.15) is 0 Å². The second-order valence-electron chi connectivity index (χ2n) is 4.29. The zero-order valence-corrected chi connectivity index (χ0v) is 11.0. The molecule has 0 aliphatic rings. The molecule has 20 heavy (non-hydrogen) atoms. The summed E-state index contributed by atoms with van der Waals surface area (Å²) in [6, 6.07) is 1.96. The lowest BCUT2D eigenvalue weighted by Crippen LogP contribution is -2.37. The highest BCUT2D eigenvalue weighted by Gasteiger charge is 2.13. The van der Waals surface area contributed by atoms with E-state index in [0.717, 1.165) is 12.1 Å². The third-order valence-electron chi connectivity index (χ3n) is 2.63. The molecule has 0 aliphatic carbocycles. The number of hydrogen-bond donors (Lipinski definition) is 3. The number of amides is 2. The van der Waals surface area contributed by atoms with Crippen molar-refractivity contribution in [3.63, 3.8) is 0 Å². The van der Waals surface area contributed by atoms with Crippen molar-refractivity contribution in [1.29, 1.82) is 0 Å². The van der Waals surface area contributed by atoms with Crippen molar-refractivity contribution in [1.82, 2.24) is 10.6 Å². The summed E-state index contributed by atoms with van der Waals surface area (Å²) in [5, 5.41) is 13.4. The van der Waals surface area contributed by atoms with E-state index >= 15 is 0 Å². The van der Waals surface area contributed by atoms with Gasteiger partial charge in [0.05, 0.1) is 6.04 Å². The van der Waals surface area contributed by atoms with Gasteiger partial charge >= 0.3 is 12.0 Å². The molecule has 1 aromatic carbocycles. The maximum absolute atomic E-state index is 13.5. The maximum atomic E-state index is 13.5. The van der Waals surface area contributed by atoms with E-state index in [1.807, 2.05) is 0 Å². The molecule has 0 aromatic heterocycles. The number of carboxylic acid groups (broad SMARTS) is 1. The van der Waals surface area contributed by atoms with E-state index in [9.17, 15) is 18.4 Å². The molecule has 7 heteroatoms. The lowest BCUT2D eigenvalue weighted by atomic mass is 10.1. The normalized spacial score (nSPS) is 11.8. The number of rotatable bonds is 6. The predicted molar refractivity (Wildman–Crippen MR) is 68.2 cm³/mol. The van der Waals surface area contributed by atoms with Gasteiger partial charge in [-0.05, 0) is 19.4 Å². The second-order valence-corrected chi connectivity index (χ2v) is 4.29. The summed E-state index contributed by atoms with van der Waals surface area (Å²) in [5.41, 5.74) is 0.173. The highest BCUT2D eigenvalue weighted by Crippen LogP contribution is 2.17. The van der Waals surface area contributed by atoms with E-state index in [4.69, 9.17) is 5.11 Å². The predicted octanol–water partition coefficient (Wildman–Crippen LogP) is 2.19. The maximum Gasteiger partial charge on any atom is 0.315 e. The number of benzene rings is 1. The zero-order chi connectivity index (χ0) is 15.1. The van der Waals surface area contributed by atoms with Gasteiger partial charge in [0.15, 0.2) is 0 Å². The van der Waals surface area contributed by atoms with Crippen molar-refractivity contribution in [3.05, 3.63) is 35.4 Å². The summed E-state index contributed by atoms with van der Waals surface area (Å²) < 4.78 is 26.2. The van der Waals surface area contributed by atoms with Crippen LogP contribution < -0.4 is 10.6 Å². The number of nitrogens with one attached hydrogen (secondary N) is 2. The molecule has 110 valence electrons. The molecular weight excluding hydrogens is 270 g/mol. The van der Waals surface area contributed by atoms with E-state index in [1.54, 1.807) is 6.92 Å². The number of carbonyl (C=O) groups is 2. The Morgan fingerprint density at radius 3 is 2.65 bits per heavy atom. The fourth-order valence-corrected chi connectivity index (χ4v) is 1.62. The topological polar surface area (TPSA) is 78.4 Å². The molecule has 0 saturated heterocycles. The highest BCUT2D eigenvalue weighted by atomic mass is 19.1.